The second-order valence-corrected chi connectivity index (χ2v) is 15.5. The molecule has 0 unspecified atom stereocenters. The zero-order valence-corrected chi connectivity index (χ0v) is 25.5. The zero-order chi connectivity index (χ0) is 27.5. The summed E-state index contributed by atoms with van der Waals surface area (Å²) in [6.07, 6.45) is 16.8. The van der Waals surface area contributed by atoms with Gasteiger partial charge in [0.05, 0.1) is 0 Å². The summed E-state index contributed by atoms with van der Waals surface area (Å²) in [5.74, 6) is 6.38. The average Bonchev–Trinajstić information content (AvgIpc) is 2.89. The molecule has 0 heterocycles. The van der Waals surface area contributed by atoms with Crippen LogP contribution in [0.25, 0.3) is 0 Å². The third-order valence-electron chi connectivity index (χ3n) is 11.5. The van der Waals surface area contributed by atoms with Gasteiger partial charge in [-0.3, -0.25) is 0 Å². The van der Waals surface area contributed by atoms with Gasteiger partial charge in [0, 0.05) is 45.3 Å². The van der Waals surface area contributed by atoms with Crippen LogP contribution in [0.4, 0.5) is 0 Å². The summed E-state index contributed by atoms with van der Waals surface area (Å²) >= 11 is 12.1. The molecule has 2 aromatic rings. The van der Waals surface area contributed by atoms with Crippen molar-refractivity contribution in [3.05, 3.63) is 57.6 Å². The molecule has 0 aliphatic heterocycles. The van der Waals surface area contributed by atoms with E-state index in [2.05, 4.69) is 10.6 Å². The van der Waals surface area contributed by atoms with Gasteiger partial charge in [-0.1, -0.05) is 23.2 Å². The van der Waals surface area contributed by atoms with Crippen LogP contribution in [0.2, 0.25) is 10.0 Å². The van der Waals surface area contributed by atoms with Crippen molar-refractivity contribution in [1.82, 2.24) is 10.6 Å². The molecule has 6 N–H and O–H groups in total. The van der Waals surface area contributed by atoms with Crippen molar-refractivity contribution in [2.24, 2.45) is 35.5 Å². The number of rotatable bonds is 6. The van der Waals surface area contributed by atoms with Crippen molar-refractivity contribution in [3.8, 4) is 11.5 Å². The number of phenols is 2. The smallest absolute Gasteiger partial charge is 0.120 e. The first-order chi connectivity index (χ1) is 19.2. The number of benzene rings is 2. The first-order valence-electron chi connectivity index (χ1n) is 15.7. The minimum absolute atomic E-state index is 0. The van der Waals surface area contributed by atoms with Gasteiger partial charge in [0.15, 0.2) is 0 Å². The summed E-state index contributed by atoms with van der Waals surface area (Å²) in [4.78, 5) is 0. The predicted octanol–water partition coefficient (Wildman–Crippen LogP) is 7.38. The van der Waals surface area contributed by atoms with E-state index in [1.807, 2.05) is 12.1 Å². The lowest BCUT2D eigenvalue weighted by Gasteiger charge is -2.57. The van der Waals surface area contributed by atoms with Crippen molar-refractivity contribution in [3.63, 3.8) is 0 Å². The summed E-state index contributed by atoms with van der Waals surface area (Å²) < 4.78 is 0. The lowest BCUT2D eigenvalue weighted by atomic mass is 9.53. The molecule has 8 aliphatic rings. The van der Waals surface area contributed by atoms with Crippen LogP contribution in [0.5, 0.6) is 11.5 Å². The summed E-state index contributed by atoms with van der Waals surface area (Å²) in [5, 5.41) is 28.9. The van der Waals surface area contributed by atoms with Crippen molar-refractivity contribution >= 4 is 23.2 Å². The van der Waals surface area contributed by atoms with Crippen LogP contribution >= 0.6 is 23.2 Å². The maximum atomic E-state index is 9.95. The number of hydrogen-bond donors (Lipinski definition) is 4. The summed E-state index contributed by atoms with van der Waals surface area (Å²) in [5.41, 5.74) is 2.52. The molecule has 0 amide bonds. The maximum absolute atomic E-state index is 9.95. The number of nitrogens with one attached hydrogen (secondary N) is 2. The molecule has 8 saturated carbocycles. The third kappa shape index (κ3) is 6.26. The molecule has 0 saturated heterocycles. The van der Waals surface area contributed by atoms with Gasteiger partial charge >= 0.3 is 0 Å². The Balaban J connectivity index is 0.000000144. The highest BCUT2D eigenvalue weighted by Gasteiger charge is 2.51. The minimum atomic E-state index is 0. The van der Waals surface area contributed by atoms with Gasteiger partial charge in [-0.2, -0.15) is 0 Å². The van der Waals surface area contributed by atoms with Gasteiger partial charge < -0.3 is 26.3 Å². The molecule has 8 aliphatic carbocycles. The van der Waals surface area contributed by atoms with Gasteiger partial charge in [0.1, 0.15) is 11.5 Å². The van der Waals surface area contributed by atoms with Crippen molar-refractivity contribution in [1.29, 1.82) is 0 Å². The van der Waals surface area contributed by atoms with Crippen LogP contribution < -0.4 is 10.6 Å². The normalized spacial score (nSPS) is 37.4. The molecule has 10 rings (SSSR count). The van der Waals surface area contributed by atoms with Crippen LogP contribution in [0.15, 0.2) is 36.4 Å². The van der Waals surface area contributed by atoms with E-state index in [0.29, 0.717) is 32.6 Å². The fourth-order valence-electron chi connectivity index (χ4n) is 10.6. The molecule has 41 heavy (non-hydrogen) atoms. The number of aromatic hydroxyl groups is 2. The Labute approximate surface area is 254 Å². The van der Waals surface area contributed by atoms with Gasteiger partial charge in [0.2, 0.25) is 0 Å². The van der Waals surface area contributed by atoms with E-state index in [0.717, 1.165) is 59.7 Å². The van der Waals surface area contributed by atoms with E-state index in [1.54, 1.807) is 24.3 Å². The Kier molecular flexibility index (Phi) is 8.32. The van der Waals surface area contributed by atoms with Crippen molar-refractivity contribution in [2.75, 3.05) is 0 Å². The van der Waals surface area contributed by atoms with E-state index in [-0.39, 0.29) is 5.48 Å². The number of phenolic OH excluding ortho intramolecular Hbond substituents is 2. The van der Waals surface area contributed by atoms with Crippen LogP contribution in [0.3, 0.4) is 0 Å². The fourth-order valence-corrected chi connectivity index (χ4v) is 11.0. The van der Waals surface area contributed by atoms with E-state index in [4.69, 9.17) is 23.2 Å². The molecule has 8 fully saturated rings. The summed E-state index contributed by atoms with van der Waals surface area (Å²) in [6.45, 7) is 1.47. The van der Waals surface area contributed by atoms with Gasteiger partial charge in [-0.05, 0) is 149 Å². The highest BCUT2D eigenvalue weighted by molar-refractivity contribution is 6.31. The summed E-state index contributed by atoms with van der Waals surface area (Å²) in [6, 6.07) is 10.6. The monoisotopic (exact) mass is 600 g/mol. The second-order valence-electron chi connectivity index (χ2n) is 14.6. The van der Waals surface area contributed by atoms with Crippen LogP contribution in [-0.2, 0) is 13.1 Å². The molecule has 5 nitrogen and oxygen atoms in total. The highest BCUT2D eigenvalue weighted by atomic mass is 35.5. The standard InChI is InChI=1S/2C17H22ClNO.H2O/c2*18-15-1-2-16(20)14(6-15)10-19-17-7-11-3-12(8-17)5-13(4-11)9-17;/h2*1-2,6,11-13,19-20H,3-5,7-10H2;1H2. The summed E-state index contributed by atoms with van der Waals surface area (Å²) in [7, 11) is 0. The van der Waals surface area contributed by atoms with E-state index in [9.17, 15) is 10.2 Å². The first kappa shape index (κ1) is 29.6. The Morgan fingerprint density at radius 1 is 0.561 bits per heavy atom. The Bertz CT molecular complexity index is 1080. The number of hydrogen-bond acceptors (Lipinski definition) is 4. The second kappa shape index (κ2) is 11.5. The first-order valence-corrected chi connectivity index (χ1v) is 16.4. The lowest BCUT2D eigenvalue weighted by Crippen LogP contribution is -2.58. The molecule has 8 bridgehead atoms. The quantitative estimate of drug-likeness (QED) is 0.278. The average molecular weight is 602 g/mol. The Morgan fingerprint density at radius 2 is 0.854 bits per heavy atom. The van der Waals surface area contributed by atoms with Crippen molar-refractivity contribution in [2.45, 2.75) is 101 Å². The topological polar surface area (TPSA) is 96.0 Å². The van der Waals surface area contributed by atoms with E-state index in [1.165, 1.54) is 77.0 Å². The lowest BCUT2D eigenvalue weighted by molar-refractivity contribution is -0.0208. The third-order valence-corrected chi connectivity index (χ3v) is 11.9. The number of halogens is 2. The van der Waals surface area contributed by atoms with Gasteiger partial charge in [0.25, 0.3) is 0 Å². The maximum Gasteiger partial charge on any atom is 0.120 e. The fraction of sp³-hybridized carbons (Fsp3) is 0.647. The molecule has 224 valence electrons. The predicted molar refractivity (Wildman–Crippen MR) is 165 cm³/mol. The molecule has 7 heteroatoms. The largest absolute Gasteiger partial charge is 0.508 e. The Hall–Kier alpha value is -1.50. The van der Waals surface area contributed by atoms with Gasteiger partial charge in [-0.15, -0.1) is 0 Å². The minimum Gasteiger partial charge on any atom is -0.508 e. The molecule has 0 atom stereocenters. The zero-order valence-electron chi connectivity index (χ0n) is 24.0. The van der Waals surface area contributed by atoms with E-state index < -0.39 is 0 Å². The van der Waals surface area contributed by atoms with Gasteiger partial charge in [-0.25, -0.2) is 0 Å². The molecular weight excluding hydrogens is 555 g/mol. The van der Waals surface area contributed by atoms with Crippen LogP contribution in [0.1, 0.15) is 88.2 Å². The molecule has 0 radical (unpaired) electrons. The van der Waals surface area contributed by atoms with Crippen LogP contribution in [0, 0.1) is 35.5 Å². The molecule has 0 spiro atoms. The van der Waals surface area contributed by atoms with Crippen LogP contribution in [-0.4, -0.2) is 26.8 Å². The molecule has 0 aromatic heterocycles. The SMILES string of the molecule is O.Oc1ccc(Cl)cc1CNC12CC3CC(CC(C3)C1)C2.Oc1ccc(Cl)cc1CNC12CC3CC(CC(C3)C1)C2. The van der Waals surface area contributed by atoms with E-state index >= 15 is 0 Å². The molecular formula is C34H46Cl2N2O3. The highest BCUT2D eigenvalue weighted by Crippen LogP contribution is 2.56. The Morgan fingerprint density at radius 3 is 1.15 bits per heavy atom. The molecule has 2 aromatic carbocycles. The van der Waals surface area contributed by atoms with Crippen molar-refractivity contribution < 1.29 is 15.7 Å².